The first kappa shape index (κ1) is 16.1. The number of para-hydroxylation sites is 1. The van der Waals surface area contributed by atoms with Crippen molar-refractivity contribution in [2.24, 2.45) is 0 Å². The van der Waals surface area contributed by atoms with E-state index in [4.69, 9.17) is 10.1 Å². The molecule has 1 aliphatic heterocycles. The lowest BCUT2D eigenvalue weighted by Gasteiger charge is -2.12. The minimum absolute atomic E-state index is 0.467. The third-order valence-corrected chi connectivity index (χ3v) is 5.63. The average molecular weight is 351 g/mol. The summed E-state index contributed by atoms with van der Waals surface area (Å²) in [5.74, 6) is 3.04. The largest absolute Gasteiger partial charge is 0.351 e. The summed E-state index contributed by atoms with van der Waals surface area (Å²) < 4.78 is 1.98. The molecule has 1 unspecified atom stereocenters. The van der Waals surface area contributed by atoms with E-state index in [0.29, 0.717) is 12.0 Å². The molecular formula is C19H21N5S. The summed E-state index contributed by atoms with van der Waals surface area (Å²) in [6, 6.07) is 12.6. The number of aryl methyl sites for hydroxylation is 1. The number of nitrogens with one attached hydrogen (secondary N) is 1. The van der Waals surface area contributed by atoms with Crippen LogP contribution in [0.4, 0.5) is 5.95 Å². The van der Waals surface area contributed by atoms with Crippen molar-refractivity contribution < 1.29 is 0 Å². The molecule has 128 valence electrons. The van der Waals surface area contributed by atoms with E-state index < -0.39 is 0 Å². The predicted octanol–water partition coefficient (Wildman–Crippen LogP) is 3.86. The molecule has 0 saturated carbocycles. The maximum Gasteiger partial charge on any atom is 0.223 e. The normalized spacial score (nSPS) is 17.0. The first-order chi connectivity index (χ1) is 12.2. The number of aromatic nitrogens is 4. The van der Waals surface area contributed by atoms with Gasteiger partial charge in [0.05, 0.1) is 22.8 Å². The van der Waals surface area contributed by atoms with Crippen LogP contribution in [0.25, 0.3) is 16.9 Å². The highest BCUT2D eigenvalue weighted by atomic mass is 32.2. The van der Waals surface area contributed by atoms with Crippen molar-refractivity contribution in [2.45, 2.75) is 26.3 Å². The topological polar surface area (TPSA) is 55.6 Å². The number of anilines is 1. The Morgan fingerprint density at radius 2 is 2.00 bits per heavy atom. The Bertz CT molecular complexity index is 869. The molecular weight excluding hydrogens is 330 g/mol. The lowest BCUT2D eigenvalue weighted by Crippen LogP contribution is -2.19. The van der Waals surface area contributed by atoms with Crippen LogP contribution in [0.15, 0.2) is 42.6 Å². The van der Waals surface area contributed by atoms with Gasteiger partial charge in [0.25, 0.3) is 0 Å². The van der Waals surface area contributed by atoms with Crippen LogP contribution >= 0.6 is 11.8 Å². The van der Waals surface area contributed by atoms with Crippen molar-refractivity contribution in [3.05, 3.63) is 54.0 Å². The zero-order valence-corrected chi connectivity index (χ0v) is 15.3. The summed E-state index contributed by atoms with van der Waals surface area (Å²) in [6.45, 7) is 4.12. The molecule has 1 N–H and O–H groups in total. The molecule has 1 aromatic carbocycles. The van der Waals surface area contributed by atoms with Gasteiger partial charge in [0.1, 0.15) is 0 Å². The fourth-order valence-corrected chi connectivity index (χ4v) is 4.38. The molecule has 0 spiro atoms. The van der Waals surface area contributed by atoms with E-state index in [2.05, 4.69) is 29.4 Å². The van der Waals surface area contributed by atoms with E-state index in [-0.39, 0.29) is 0 Å². The van der Waals surface area contributed by atoms with Crippen molar-refractivity contribution in [2.75, 3.05) is 16.8 Å². The van der Waals surface area contributed by atoms with Gasteiger partial charge in [-0.05, 0) is 44.2 Å². The average Bonchev–Trinajstić information content (AvgIpc) is 3.24. The van der Waals surface area contributed by atoms with Crippen molar-refractivity contribution in [1.82, 2.24) is 19.7 Å². The summed E-state index contributed by atoms with van der Waals surface area (Å²) in [6.07, 6.45) is 2.99. The molecule has 0 bridgehead atoms. The molecule has 0 radical (unpaired) electrons. The van der Waals surface area contributed by atoms with Gasteiger partial charge in [0.2, 0.25) is 5.95 Å². The summed E-state index contributed by atoms with van der Waals surface area (Å²) in [5, 5.41) is 8.18. The molecule has 6 heteroatoms. The van der Waals surface area contributed by atoms with E-state index in [9.17, 15) is 0 Å². The van der Waals surface area contributed by atoms with Gasteiger partial charge in [0.15, 0.2) is 0 Å². The molecule has 4 rings (SSSR count). The zero-order chi connectivity index (χ0) is 17.2. The molecule has 0 aliphatic carbocycles. The Morgan fingerprint density at radius 1 is 1.16 bits per heavy atom. The first-order valence-electron chi connectivity index (χ1n) is 8.52. The van der Waals surface area contributed by atoms with Gasteiger partial charge >= 0.3 is 0 Å². The minimum Gasteiger partial charge on any atom is -0.351 e. The SMILES string of the molecule is Cc1nn(-c2ccccc2)c(C)c1-c1ccnc(NC2CCSC2)n1. The smallest absolute Gasteiger partial charge is 0.223 e. The fraction of sp³-hybridized carbons (Fsp3) is 0.316. The van der Waals surface area contributed by atoms with Crippen molar-refractivity contribution >= 4 is 17.7 Å². The van der Waals surface area contributed by atoms with E-state index in [1.54, 1.807) is 0 Å². The predicted molar refractivity (Wildman–Crippen MR) is 103 cm³/mol. The van der Waals surface area contributed by atoms with E-state index in [0.717, 1.165) is 34.1 Å². The van der Waals surface area contributed by atoms with Crippen LogP contribution in [0.1, 0.15) is 17.8 Å². The lowest BCUT2D eigenvalue weighted by atomic mass is 10.1. The van der Waals surface area contributed by atoms with E-state index >= 15 is 0 Å². The van der Waals surface area contributed by atoms with Crippen LogP contribution in [-0.2, 0) is 0 Å². The number of hydrogen-bond donors (Lipinski definition) is 1. The Labute approximate surface area is 151 Å². The highest BCUT2D eigenvalue weighted by molar-refractivity contribution is 7.99. The summed E-state index contributed by atoms with van der Waals surface area (Å²) in [5.41, 5.74) is 5.12. The third kappa shape index (κ3) is 3.26. The van der Waals surface area contributed by atoms with Gasteiger partial charge < -0.3 is 5.32 Å². The van der Waals surface area contributed by atoms with Gasteiger partial charge in [-0.15, -0.1) is 0 Å². The van der Waals surface area contributed by atoms with E-state index in [1.807, 2.05) is 53.8 Å². The number of hydrogen-bond acceptors (Lipinski definition) is 5. The van der Waals surface area contributed by atoms with Crippen molar-refractivity contribution in [3.8, 4) is 16.9 Å². The molecule has 25 heavy (non-hydrogen) atoms. The van der Waals surface area contributed by atoms with Gasteiger partial charge in [0, 0.05) is 23.6 Å². The number of rotatable bonds is 4. The van der Waals surface area contributed by atoms with Crippen LogP contribution in [-0.4, -0.2) is 37.3 Å². The van der Waals surface area contributed by atoms with Gasteiger partial charge in [-0.3, -0.25) is 0 Å². The number of nitrogens with zero attached hydrogens (tertiary/aromatic N) is 4. The second kappa shape index (κ2) is 6.88. The molecule has 1 saturated heterocycles. The molecule has 1 atom stereocenters. The Balaban J connectivity index is 1.69. The second-order valence-corrected chi connectivity index (χ2v) is 7.41. The van der Waals surface area contributed by atoms with Crippen LogP contribution in [0.5, 0.6) is 0 Å². The Kier molecular flexibility index (Phi) is 4.44. The first-order valence-corrected chi connectivity index (χ1v) is 9.67. The molecule has 0 amide bonds. The maximum atomic E-state index is 4.75. The van der Waals surface area contributed by atoms with Crippen molar-refractivity contribution in [1.29, 1.82) is 0 Å². The second-order valence-electron chi connectivity index (χ2n) is 6.26. The van der Waals surface area contributed by atoms with Crippen LogP contribution in [0.3, 0.4) is 0 Å². The zero-order valence-electron chi connectivity index (χ0n) is 14.4. The molecule has 1 fully saturated rings. The number of thioether (sulfide) groups is 1. The summed E-state index contributed by atoms with van der Waals surface area (Å²) in [4.78, 5) is 9.14. The fourth-order valence-electron chi connectivity index (χ4n) is 3.23. The quantitative estimate of drug-likeness (QED) is 0.773. The molecule has 5 nitrogen and oxygen atoms in total. The van der Waals surface area contributed by atoms with Gasteiger partial charge in [-0.25, -0.2) is 14.6 Å². The minimum atomic E-state index is 0.467. The van der Waals surface area contributed by atoms with E-state index in [1.165, 1.54) is 12.2 Å². The molecule has 3 heterocycles. The standard InChI is InChI=1S/C19H21N5S/c1-13-18(14(2)24(23-13)16-6-4-3-5-7-16)17-8-10-20-19(22-17)21-15-9-11-25-12-15/h3-8,10,15H,9,11-12H2,1-2H3,(H,20,21,22). The maximum absolute atomic E-state index is 4.75. The summed E-state index contributed by atoms with van der Waals surface area (Å²) >= 11 is 1.98. The number of benzene rings is 1. The van der Waals surface area contributed by atoms with Gasteiger partial charge in [-0.2, -0.15) is 16.9 Å². The Hall–Kier alpha value is -2.34. The monoisotopic (exact) mass is 351 g/mol. The highest BCUT2D eigenvalue weighted by Gasteiger charge is 2.19. The van der Waals surface area contributed by atoms with Gasteiger partial charge in [-0.1, -0.05) is 18.2 Å². The molecule has 1 aliphatic rings. The van der Waals surface area contributed by atoms with Crippen LogP contribution in [0, 0.1) is 13.8 Å². The third-order valence-electron chi connectivity index (χ3n) is 4.47. The summed E-state index contributed by atoms with van der Waals surface area (Å²) in [7, 11) is 0. The molecule has 2 aromatic heterocycles. The highest BCUT2D eigenvalue weighted by Crippen LogP contribution is 2.28. The Morgan fingerprint density at radius 3 is 2.76 bits per heavy atom. The molecule has 3 aromatic rings. The lowest BCUT2D eigenvalue weighted by molar-refractivity contribution is 0.798. The van der Waals surface area contributed by atoms with Crippen LogP contribution in [0.2, 0.25) is 0 Å². The van der Waals surface area contributed by atoms with Crippen molar-refractivity contribution in [3.63, 3.8) is 0 Å². The van der Waals surface area contributed by atoms with Crippen LogP contribution < -0.4 is 5.32 Å².